The fraction of sp³-hybridized carbons (Fsp3) is 0.333. The van der Waals surface area contributed by atoms with E-state index in [-0.39, 0.29) is 0 Å². The maximum atomic E-state index is 10.7. The number of thiazole rings is 1. The van der Waals surface area contributed by atoms with Gasteiger partial charge in [-0.25, -0.2) is 9.78 Å². The molecule has 0 aliphatic heterocycles. The average Bonchev–Trinajstić information content (AvgIpc) is 2.93. The summed E-state index contributed by atoms with van der Waals surface area (Å²) in [4.78, 5) is 18.0. The van der Waals surface area contributed by atoms with Crippen molar-refractivity contribution in [2.75, 3.05) is 32.2 Å². The van der Waals surface area contributed by atoms with Crippen molar-refractivity contribution >= 4 is 34.2 Å². The second kappa shape index (κ2) is 5.85. The molecule has 0 spiro atoms. The van der Waals surface area contributed by atoms with Crippen LogP contribution in [0.2, 0.25) is 0 Å². The molecule has 1 N–H and O–H groups in total. The molecule has 0 fully saturated rings. The van der Waals surface area contributed by atoms with Gasteiger partial charge in [0.25, 0.3) is 0 Å². The highest BCUT2D eigenvalue weighted by Gasteiger charge is 2.14. The maximum Gasteiger partial charge on any atom is 0.328 e. The van der Waals surface area contributed by atoms with Crippen LogP contribution in [-0.4, -0.2) is 47.8 Å². The van der Waals surface area contributed by atoms with Gasteiger partial charge in [-0.3, -0.25) is 4.40 Å². The number of aliphatic carboxylic acids is 1. The number of carboxylic acids is 1. The Morgan fingerprint density at radius 3 is 3.16 bits per heavy atom. The number of methoxy groups -OCH3 is 1. The van der Waals surface area contributed by atoms with Crippen LogP contribution in [0.15, 0.2) is 17.7 Å². The van der Waals surface area contributed by atoms with Crippen LogP contribution in [0.3, 0.4) is 0 Å². The number of carboxylic acid groups (broad SMARTS) is 1. The normalized spacial score (nSPS) is 11.5. The second-order valence-corrected chi connectivity index (χ2v) is 4.84. The summed E-state index contributed by atoms with van der Waals surface area (Å²) in [5, 5.41) is 10.7. The van der Waals surface area contributed by atoms with E-state index in [1.54, 1.807) is 13.2 Å². The van der Waals surface area contributed by atoms with Crippen LogP contribution in [-0.2, 0) is 9.53 Å². The van der Waals surface area contributed by atoms with Gasteiger partial charge in [0.05, 0.1) is 12.3 Å². The molecule has 0 atom stereocenters. The van der Waals surface area contributed by atoms with Crippen molar-refractivity contribution in [1.29, 1.82) is 0 Å². The SMILES string of the molecule is COCCN(C)c1nc2sccn2c1C=CC(=O)O. The van der Waals surface area contributed by atoms with E-state index in [0.29, 0.717) is 13.2 Å². The Morgan fingerprint density at radius 2 is 2.47 bits per heavy atom. The predicted molar refractivity (Wildman–Crippen MR) is 74.9 cm³/mol. The van der Waals surface area contributed by atoms with Gasteiger partial charge in [0, 0.05) is 38.4 Å². The molecule has 19 heavy (non-hydrogen) atoms. The molecule has 0 aliphatic rings. The van der Waals surface area contributed by atoms with E-state index in [4.69, 9.17) is 9.84 Å². The molecular formula is C12H15N3O3S. The minimum Gasteiger partial charge on any atom is -0.478 e. The number of ether oxygens (including phenoxy) is 1. The minimum absolute atomic E-state index is 0.587. The van der Waals surface area contributed by atoms with Crippen LogP contribution >= 0.6 is 11.3 Å². The molecule has 2 heterocycles. The zero-order valence-corrected chi connectivity index (χ0v) is 11.6. The second-order valence-electron chi connectivity index (χ2n) is 3.96. The summed E-state index contributed by atoms with van der Waals surface area (Å²) in [6.07, 6.45) is 4.56. The van der Waals surface area contributed by atoms with Crippen molar-refractivity contribution in [3.63, 3.8) is 0 Å². The lowest BCUT2D eigenvalue weighted by molar-refractivity contribution is -0.131. The zero-order valence-electron chi connectivity index (χ0n) is 10.7. The van der Waals surface area contributed by atoms with E-state index >= 15 is 0 Å². The third-order valence-corrected chi connectivity index (χ3v) is 3.41. The smallest absolute Gasteiger partial charge is 0.328 e. The first-order chi connectivity index (χ1) is 9.13. The molecule has 0 amide bonds. The number of likely N-dealkylation sites (N-methyl/N-ethyl adjacent to an activating group) is 1. The van der Waals surface area contributed by atoms with Gasteiger partial charge in [0.1, 0.15) is 0 Å². The van der Waals surface area contributed by atoms with Crippen molar-refractivity contribution in [3.05, 3.63) is 23.3 Å². The van der Waals surface area contributed by atoms with Crippen LogP contribution in [0.25, 0.3) is 11.0 Å². The molecule has 2 rings (SSSR count). The Hall–Kier alpha value is -1.86. The Kier molecular flexibility index (Phi) is 4.18. The molecule has 7 heteroatoms. The van der Waals surface area contributed by atoms with Gasteiger partial charge in [-0.15, -0.1) is 11.3 Å². The van der Waals surface area contributed by atoms with E-state index in [9.17, 15) is 4.79 Å². The lowest BCUT2D eigenvalue weighted by Crippen LogP contribution is -2.23. The maximum absolute atomic E-state index is 10.7. The van der Waals surface area contributed by atoms with Crippen molar-refractivity contribution in [2.24, 2.45) is 0 Å². The molecule has 0 radical (unpaired) electrons. The van der Waals surface area contributed by atoms with Crippen LogP contribution in [0.5, 0.6) is 0 Å². The molecule has 0 bridgehead atoms. The minimum atomic E-state index is -0.976. The number of hydrogen-bond acceptors (Lipinski definition) is 5. The molecule has 0 saturated heterocycles. The number of fused-ring (bicyclic) bond motifs is 1. The van der Waals surface area contributed by atoms with Crippen LogP contribution < -0.4 is 4.90 Å². The van der Waals surface area contributed by atoms with Gasteiger partial charge in [-0.1, -0.05) is 0 Å². The summed E-state index contributed by atoms with van der Waals surface area (Å²) in [5.41, 5.74) is 0.761. The summed E-state index contributed by atoms with van der Waals surface area (Å²) < 4.78 is 6.92. The van der Waals surface area contributed by atoms with Crippen molar-refractivity contribution in [1.82, 2.24) is 9.38 Å². The molecular weight excluding hydrogens is 266 g/mol. The first-order valence-electron chi connectivity index (χ1n) is 5.70. The quantitative estimate of drug-likeness (QED) is 0.814. The molecule has 0 aliphatic carbocycles. The highest BCUT2D eigenvalue weighted by Crippen LogP contribution is 2.25. The van der Waals surface area contributed by atoms with E-state index < -0.39 is 5.97 Å². The van der Waals surface area contributed by atoms with Gasteiger partial charge in [0.15, 0.2) is 10.8 Å². The Labute approximate surface area is 114 Å². The standard InChI is InChI=1S/C12H15N3O3S/c1-14(5-7-18-2)11-9(3-4-10(16)17)15-6-8-19-12(15)13-11/h3-4,6,8H,5,7H2,1-2H3,(H,16,17). The average molecular weight is 281 g/mol. The number of imidazole rings is 1. The van der Waals surface area contributed by atoms with Gasteiger partial charge >= 0.3 is 5.97 Å². The van der Waals surface area contributed by atoms with Crippen molar-refractivity contribution in [2.45, 2.75) is 0 Å². The van der Waals surface area contributed by atoms with E-state index in [1.165, 1.54) is 11.3 Å². The number of nitrogens with zero attached hydrogens (tertiary/aromatic N) is 3. The number of rotatable bonds is 6. The van der Waals surface area contributed by atoms with Crippen LogP contribution in [0.4, 0.5) is 5.82 Å². The van der Waals surface area contributed by atoms with Gasteiger partial charge in [0.2, 0.25) is 0 Å². The first-order valence-corrected chi connectivity index (χ1v) is 6.58. The fourth-order valence-electron chi connectivity index (χ4n) is 1.71. The lowest BCUT2D eigenvalue weighted by atomic mass is 10.3. The number of hydrogen-bond donors (Lipinski definition) is 1. The summed E-state index contributed by atoms with van der Waals surface area (Å²) in [7, 11) is 3.55. The summed E-state index contributed by atoms with van der Waals surface area (Å²) in [6, 6.07) is 0. The number of carbonyl (C=O) groups is 1. The molecule has 0 aromatic carbocycles. The fourth-order valence-corrected chi connectivity index (χ4v) is 2.43. The summed E-state index contributed by atoms with van der Waals surface area (Å²) in [5.74, 6) is -0.225. The molecule has 2 aromatic rings. The van der Waals surface area contributed by atoms with Crippen molar-refractivity contribution in [3.8, 4) is 0 Å². The van der Waals surface area contributed by atoms with Gasteiger partial charge < -0.3 is 14.7 Å². The van der Waals surface area contributed by atoms with E-state index in [1.807, 2.05) is 27.9 Å². The zero-order chi connectivity index (χ0) is 13.8. The molecule has 0 saturated carbocycles. The topological polar surface area (TPSA) is 67.1 Å². The third-order valence-electron chi connectivity index (χ3n) is 2.66. The van der Waals surface area contributed by atoms with Gasteiger partial charge in [-0.2, -0.15) is 0 Å². The number of aromatic nitrogens is 2. The third kappa shape index (κ3) is 2.94. The van der Waals surface area contributed by atoms with Crippen molar-refractivity contribution < 1.29 is 14.6 Å². The largest absolute Gasteiger partial charge is 0.478 e. The first kappa shape index (κ1) is 13.6. The monoisotopic (exact) mass is 281 g/mol. The molecule has 0 unspecified atom stereocenters. The molecule has 102 valence electrons. The highest BCUT2D eigenvalue weighted by molar-refractivity contribution is 7.15. The lowest BCUT2D eigenvalue weighted by Gasteiger charge is -2.16. The Morgan fingerprint density at radius 1 is 1.68 bits per heavy atom. The van der Waals surface area contributed by atoms with Crippen LogP contribution in [0.1, 0.15) is 5.69 Å². The van der Waals surface area contributed by atoms with Gasteiger partial charge in [-0.05, 0) is 6.08 Å². The molecule has 2 aromatic heterocycles. The molecule has 6 nitrogen and oxygen atoms in total. The van der Waals surface area contributed by atoms with E-state index in [2.05, 4.69) is 4.98 Å². The Bertz CT molecular complexity index is 602. The summed E-state index contributed by atoms with van der Waals surface area (Å²) >= 11 is 1.51. The van der Waals surface area contributed by atoms with E-state index in [0.717, 1.165) is 22.5 Å². The Balaban J connectivity index is 2.38. The predicted octanol–water partition coefficient (Wildman–Crippen LogP) is 1.58. The van der Waals surface area contributed by atoms with Crippen LogP contribution in [0, 0.1) is 0 Å². The highest BCUT2D eigenvalue weighted by atomic mass is 32.1. The number of anilines is 1. The summed E-state index contributed by atoms with van der Waals surface area (Å²) in [6.45, 7) is 1.28.